The van der Waals surface area contributed by atoms with Gasteiger partial charge >= 0.3 is 0 Å². The Labute approximate surface area is 161 Å². The average molecular weight is 376 g/mol. The van der Waals surface area contributed by atoms with Crippen LogP contribution in [0.3, 0.4) is 0 Å². The predicted molar refractivity (Wildman–Crippen MR) is 104 cm³/mol. The molecule has 27 heavy (non-hydrogen) atoms. The van der Waals surface area contributed by atoms with E-state index in [1.165, 1.54) is 0 Å². The molecule has 2 rings (SSSR count). The van der Waals surface area contributed by atoms with Gasteiger partial charge in [-0.2, -0.15) is 0 Å². The van der Waals surface area contributed by atoms with Crippen molar-refractivity contribution in [3.63, 3.8) is 0 Å². The number of aliphatic hydroxyl groups excluding tert-OH is 1. The molecule has 1 heterocycles. The van der Waals surface area contributed by atoms with Crippen LogP contribution in [0.4, 0.5) is 0 Å². The van der Waals surface area contributed by atoms with E-state index in [0.29, 0.717) is 32.5 Å². The lowest BCUT2D eigenvalue weighted by molar-refractivity contribution is -0.143. The molecule has 0 aliphatic carbocycles. The molecule has 0 unspecified atom stereocenters. The molecule has 1 aliphatic rings. The van der Waals surface area contributed by atoms with Crippen LogP contribution >= 0.6 is 0 Å². The Balaban J connectivity index is 2.25. The number of carbonyl (C=O) groups is 2. The Hall–Kier alpha value is -2.08. The summed E-state index contributed by atoms with van der Waals surface area (Å²) in [6.07, 6.45) is 0.904. The molecule has 6 nitrogen and oxygen atoms in total. The maximum absolute atomic E-state index is 12.9. The van der Waals surface area contributed by atoms with E-state index in [1.807, 2.05) is 52.0 Å². The van der Waals surface area contributed by atoms with Crippen molar-refractivity contribution < 1.29 is 19.4 Å². The highest BCUT2D eigenvalue weighted by molar-refractivity contribution is 5.85. The van der Waals surface area contributed by atoms with Gasteiger partial charge in [0.1, 0.15) is 5.75 Å². The van der Waals surface area contributed by atoms with E-state index >= 15 is 0 Å². The number of hydrogen-bond donors (Lipinski definition) is 2. The normalized spacial score (nSPS) is 20.5. The molecule has 1 aliphatic heterocycles. The molecule has 0 saturated carbocycles. The molecule has 0 bridgehead atoms. The molecule has 6 heteroatoms. The number of aliphatic hydroxyl groups is 1. The van der Waals surface area contributed by atoms with Crippen LogP contribution in [0, 0.1) is 11.3 Å². The highest BCUT2D eigenvalue weighted by Crippen LogP contribution is 2.37. The summed E-state index contributed by atoms with van der Waals surface area (Å²) in [6.45, 7) is 9.22. The van der Waals surface area contributed by atoms with Crippen molar-refractivity contribution in [1.29, 1.82) is 0 Å². The van der Waals surface area contributed by atoms with Gasteiger partial charge in [0.05, 0.1) is 18.6 Å². The number of amides is 2. The van der Waals surface area contributed by atoms with E-state index < -0.39 is 0 Å². The zero-order valence-electron chi connectivity index (χ0n) is 16.8. The second kappa shape index (κ2) is 9.22. The maximum Gasteiger partial charge on any atom is 0.225 e. The van der Waals surface area contributed by atoms with Crippen molar-refractivity contribution in [2.45, 2.75) is 46.6 Å². The molecule has 2 N–H and O–H groups in total. The topological polar surface area (TPSA) is 78.9 Å². The molecule has 0 spiro atoms. The summed E-state index contributed by atoms with van der Waals surface area (Å²) in [7, 11) is 0. The van der Waals surface area contributed by atoms with E-state index in [9.17, 15) is 14.7 Å². The summed E-state index contributed by atoms with van der Waals surface area (Å²) < 4.78 is 5.50. The minimum atomic E-state index is -0.376. The first-order chi connectivity index (χ1) is 12.8. The van der Waals surface area contributed by atoms with Crippen molar-refractivity contribution in [3.8, 4) is 5.75 Å². The van der Waals surface area contributed by atoms with Crippen molar-refractivity contribution in [1.82, 2.24) is 10.2 Å². The van der Waals surface area contributed by atoms with Crippen LogP contribution in [0.1, 0.15) is 52.1 Å². The number of rotatable bonds is 8. The Morgan fingerprint density at radius 1 is 1.30 bits per heavy atom. The Morgan fingerprint density at radius 3 is 2.52 bits per heavy atom. The second-order valence-electron chi connectivity index (χ2n) is 7.81. The number of benzene rings is 1. The molecule has 1 aromatic rings. The van der Waals surface area contributed by atoms with Crippen LogP contribution in [0.25, 0.3) is 0 Å². The largest absolute Gasteiger partial charge is 0.494 e. The standard InChI is InChI=1S/C21H32N2O4/c1-5-23-18(25)12-11-17(20(26)22-13-21(3,4)14-24)19(23)15-7-9-16(10-8-15)27-6-2/h7-10,17,19,24H,5-6,11-14H2,1-4H3,(H,22,26)/t17-,19+/m1/s1. The molecule has 2 amide bonds. The highest BCUT2D eigenvalue weighted by atomic mass is 16.5. The van der Waals surface area contributed by atoms with Crippen LogP contribution < -0.4 is 10.1 Å². The predicted octanol–water partition coefficient (Wildman–Crippen LogP) is 2.52. The highest BCUT2D eigenvalue weighted by Gasteiger charge is 2.40. The first kappa shape index (κ1) is 21.2. The molecular formula is C21H32N2O4. The fraction of sp³-hybridized carbons (Fsp3) is 0.619. The van der Waals surface area contributed by atoms with E-state index in [2.05, 4.69) is 5.32 Å². The molecule has 150 valence electrons. The van der Waals surface area contributed by atoms with Gasteiger partial charge in [0.25, 0.3) is 0 Å². The average Bonchev–Trinajstić information content (AvgIpc) is 2.67. The van der Waals surface area contributed by atoms with Crippen LogP contribution in [0.2, 0.25) is 0 Å². The smallest absolute Gasteiger partial charge is 0.225 e. The third-order valence-electron chi connectivity index (χ3n) is 5.09. The summed E-state index contributed by atoms with van der Waals surface area (Å²) in [5.74, 6) is 0.477. The van der Waals surface area contributed by atoms with Gasteiger partial charge in [-0.25, -0.2) is 0 Å². The number of nitrogens with one attached hydrogen (secondary N) is 1. The van der Waals surface area contributed by atoms with Gasteiger partial charge < -0.3 is 20.1 Å². The van der Waals surface area contributed by atoms with Crippen molar-refractivity contribution in [2.75, 3.05) is 26.3 Å². The number of carbonyl (C=O) groups excluding carboxylic acids is 2. The third-order valence-corrected chi connectivity index (χ3v) is 5.09. The summed E-state index contributed by atoms with van der Waals surface area (Å²) in [5, 5.41) is 12.4. The number of likely N-dealkylation sites (tertiary alicyclic amines) is 1. The minimum Gasteiger partial charge on any atom is -0.494 e. The Bertz CT molecular complexity index is 642. The van der Waals surface area contributed by atoms with Gasteiger partial charge in [0.15, 0.2) is 0 Å². The Morgan fingerprint density at radius 2 is 1.96 bits per heavy atom. The molecule has 1 fully saturated rings. The van der Waals surface area contributed by atoms with Crippen LogP contribution in [-0.2, 0) is 9.59 Å². The van der Waals surface area contributed by atoms with Gasteiger partial charge in [-0.15, -0.1) is 0 Å². The Kier molecular flexibility index (Phi) is 7.25. The fourth-order valence-corrected chi connectivity index (χ4v) is 3.45. The molecular weight excluding hydrogens is 344 g/mol. The van der Waals surface area contributed by atoms with Crippen LogP contribution in [-0.4, -0.2) is 48.1 Å². The van der Waals surface area contributed by atoms with Gasteiger partial charge in [0, 0.05) is 31.5 Å². The zero-order valence-corrected chi connectivity index (χ0v) is 16.8. The minimum absolute atomic E-state index is 0.000162. The summed E-state index contributed by atoms with van der Waals surface area (Å²) in [5.41, 5.74) is 0.564. The molecule has 1 aromatic carbocycles. The van der Waals surface area contributed by atoms with Crippen molar-refractivity contribution >= 4 is 11.8 Å². The summed E-state index contributed by atoms with van der Waals surface area (Å²) in [6, 6.07) is 7.36. The monoisotopic (exact) mass is 376 g/mol. The first-order valence-electron chi connectivity index (χ1n) is 9.73. The van der Waals surface area contributed by atoms with Crippen molar-refractivity contribution in [2.24, 2.45) is 11.3 Å². The maximum atomic E-state index is 12.9. The van der Waals surface area contributed by atoms with Crippen molar-refractivity contribution in [3.05, 3.63) is 29.8 Å². The summed E-state index contributed by atoms with van der Waals surface area (Å²) in [4.78, 5) is 27.2. The quantitative estimate of drug-likeness (QED) is 0.731. The second-order valence-corrected chi connectivity index (χ2v) is 7.81. The van der Waals surface area contributed by atoms with Gasteiger partial charge in [0.2, 0.25) is 11.8 Å². The fourth-order valence-electron chi connectivity index (χ4n) is 3.45. The van der Waals surface area contributed by atoms with E-state index in [0.717, 1.165) is 11.3 Å². The number of piperidine rings is 1. The van der Waals surface area contributed by atoms with Crippen LogP contribution in [0.5, 0.6) is 5.75 Å². The SMILES string of the molecule is CCOc1ccc([C@H]2[C@H](C(=O)NCC(C)(C)CO)CCC(=O)N2CC)cc1. The van der Waals surface area contributed by atoms with E-state index in [4.69, 9.17) is 4.74 Å². The first-order valence-corrected chi connectivity index (χ1v) is 9.73. The van der Waals surface area contributed by atoms with Gasteiger partial charge in [-0.3, -0.25) is 9.59 Å². The zero-order chi connectivity index (χ0) is 20.0. The molecule has 0 aromatic heterocycles. The molecule has 1 saturated heterocycles. The van der Waals surface area contributed by atoms with Gasteiger partial charge in [-0.05, 0) is 38.0 Å². The van der Waals surface area contributed by atoms with E-state index in [1.54, 1.807) is 4.90 Å². The number of hydrogen-bond acceptors (Lipinski definition) is 4. The number of nitrogens with zero attached hydrogens (tertiary/aromatic N) is 1. The lowest BCUT2D eigenvalue weighted by Crippen LogP contribution is -2.49. The molecule has 2 atom stereocenters. The third kappa shape index (κ3) is 5.22. The van der Waals surface area contributed by atoms with Crippen LogP contribution in [0.15, 0.2) is 24.3 Å². The lowest BCUT2D eigenvalue weighted by atomic mass is 9.83. The number of ether oxygens (including phenoxy) is 1. The van der Waals surface area contributed by atoms with E-state index in [-0.39, 0.29) is 35.8 Å². The van der Waals surface area contributed by atoms with Gasteiger partial charge in [-0.1, -0.05) is 26.0 Å². The molecule has 0 radical (unpaired) electrons. The summed E-state index contributed by atoms with van der Waals surface area (Å²) >= 11 is 0. The lowest BCUT2D eigenvalue weighted by Gasteiger charge is -2.40.